The first kappa shape index (κ1) is 20.5. The molecule has 0 unspecified atom stereocenters. The van der Waals surface area contributed by atoms with Crippen molar-refractivity contribution in [3.63, 3.8) is 0 Å². The summed E-state index contributed by atoms with van der Waals surface area (Å²) in [6, 6.07) is 14.4. The fourth-order valence-corrected chi connectivity index (χ4v) is 5.40. The average molecular weight is 465 g/mol. The van der Waals surface area contributed by atoms with Gasteiger partial charge in [0.05, 0.1) is 22.5 Å². The summed E-state index contributed by atoms with van der Waals surface area (Å²) in [6.07, 6.45) is 0.0430. The molecule has 5 rings (SSSR count). The van der Waals surface area contributed by atoms with Gasteiger partial charge >= 0.3 is 5.97 Å². The largest absolute Gasteiger partial charge is 0.477 e. The van der Waals surface area contributed by atoms with Crippen LogP contribution in [0.15, 0.2) is 53.9 Å². The monoisotopic (exact) mass is 464 g/mol. The number of imide groups is 1. The third-order valence-electron chi connectivity index (χ3n) is 5.69. The molecule has 32 heavy (non-hydrogen) atoms. The van der Waals surface area contributed by atoms with Crippen LogP contribution >= 0.6 is 22.9 Å². The summed E-state index contributed by atoms with van der Waals surface area (Å²) in [6.45, 7) is 2.12. The van der Waals surface area contributed by atoms with E-state index in [2.05, 4.69) is 0 Å². The Labute approximate surface area is 192 Å². The van der Waals surface area contributed by atoms with Crippen LogP contribution in [0.3, 0.4) is 0 Å². The molecule has 8 heteroatoms. The zero-order chi connectivity index (χ0) is 22.6. The van der Waals surface area contributed by atoms with E-state index in [1.165, 1.54) is 11.3 Å². The topological polar surface area (TPSA) is 79.6 Å². The number of hydrogen-bond donors (Lipinski definition) is 1. The SMILES string of the molecule is Cc1csc2c1CC(=O)N(c1c(C(=O)O)n(Cc3ccccc3)c3ccc(Cl)cc13)C2=O. The number of amides is 2. The van der Waals surface area contributed by atoms with Crippen molar-refractivity contribution in [2.45, 2.75) is 19.9 Å². The van der Waals surface area contributed by atoms with E-state index in [1.807, 2.05) is 42.6 Å². The second-order valence-corrected chi connectivity index (χ2v) is 8.99. The van der Waals surface area contributed by atoms with Gasteiger partial charge in [-0.3, -0.25) is 9.59 Å². The van der Waals surface area contributed by atoms with E-state index in [1.54, 1.807) is 22.8 Å². The number of carboxylic acid groups (broad SMARTS) is 1. The Morgan fingerprint density at radius 1 is 1.16 bits per heavy atom. The van der Waals surface area contributed by atoms with Crippen molar-refractivity contribution in [1.29, 1.82) is 0 Å². The first-order valence-electron chi connectivity index (χ1n) is 9.90. The van der Waals surface area contributed by atoms with E-state index in [-0.39, 0.29) is 24.3 Å². The Morgan fingerprint density at radius 2 is 1.91 bits per heavy atom. The van der Waals surface area contributed by atoms with Crippen LogP contribution in [-0.2, 0) is 17.8 Å². The standard InChI is InChI=1S/C24H17ClN2O4S/c1-13-12-32-22-16(13)10-19(28)27(23(22)29)20-17-9-15(25)7-8-18(17)26(21(20)24(30)31)11-14-5-3-2-4-6-14/h2-9,12H,10-11H2,1H3,(H,30,31). The lowest BCUT2D eigenvalue weighted by Gasteiger charge is -2.25. The second-order valence-electron chi connectivity index (χ2n) is 7.67. The van der Waals surface area contributed by atoms with Crippen LogP contribution in [0, 0.1) is 6.92 Å². The zero-order valence-electron chi connectivity index (χ0n) is 17.0. The Morgan fingerprint density at radius 3 is 2.62 bits per heavy atom. The van der Waals surface area contributed by atoms with Crippen LogP contribution in [0.4, 0.5) is 5.69 Å². The van der Waals surface area contributed by atoms with Crippen molar-refractivity contribution >= 4 is 57.3 Å². The van der Waals surface area contributed by atoms with Crippen molar-refractivity contribution in [2.24, 2.45) is 0 Å². The van der Waals surface area contributed by atoms with Gasteiger partial charge in [0.15, 0.2) is 5.69 Å². The third-order valence-corrected chi connectivity index (χ3v) is 7.05. The second kappa shape index (κ2) is 7.62. The minimum atomic E-state index is -1.22. The molecule has 0 saturated carbocycles. The Bertz CT molecular complexity index is 1420. The van der Waals surface area contributed by atoms with E-state index in [4.69, 9.17) is 11.6 Å². The first-order valence-corrected chi connectivity index (χ1v) is 11.2. The van der Waals surface area contributed by atoms with Gasteiger partial charge in [-0.15, -0.1) is 11.3 Å². The summed E-state index contributed by atoms with van der Waals surface area (Å²) in [4.78, 5) is 40.5. The molecule has 4 aromatic rings. The van der Waals surface area contributed by atoms with E-state index in [0.29, 0.717) is 26.4 Å². The molecular weight excluding hydrogens is 448 g/mol. The molecule has 0 radical (unpaired) electrons. The van der Waals surface area contributed by atoms with Crippen LogP contribution < -0.4 is 4.90 Å². The predicted octanol–water partition coefficient (Wildman–Crippen LogP) is 5.14. The van der Waals surface area contributed by atoms with Crippen molar-refractivity contribution in [3.8, 4) is 0 Å². The molecule has 1 aliphatic rings. The van der Waals surface area contributed by atoms with Gasteiger partial charge in [0.25, 0.3) is 5.91 Å². The number of aromatic carboxylic acids is 1. The number of nitrogens with zero attached hydrogens (tertiary/aromatic N) is 2. The molecule has 2 aromatic carbocycles. The fourth-order valence-electron chi connectivity index (χ4n) is 4.22. The van der Waals surface area contributed by atoms with Crippen LogP contribution in [0.2, 0.25) is 5.02 Å². The van der Waals surface area contributed by atoms with Gasteiger partial charge in [-0.2, -0.15) is 0 Å². The van der Waals surface area contributed by atoms with Gasteiger partial charge < -0.3 is 9.67 Å². The summed E-state index contributed by atoms with van der Waals surface area (Å²) >= 11 is 7.51. The molecule has 0 atom stereocenters. The number of fused-ring (bicyclic) bond motifs is 2. The van der Waals surface area contributed by atoms with Crippen LogP contribution in [0.1, 0.15) is 36.9 Å². The molecular formula is C24H17ClN2O4S. The van der Waals surface area contributed by atoms with Gasteiger partial charge in [-0.25, -0.2) is 9.69 Å². The van der Waals surface area contributed by atoms with Gasteiger partial charge in [-0.1, -0.05) is 41.9 Å². The van der Waals surface area contributed by atoms with Crippen molar-refractivity contribution in [1.82, 2.24) is 4.57 Å². The van der Waals surface area contributed by atoms with Crippen LogP contribution in [0.5, 0.6) is 0 Å². The fraction of sp³-hybridized carbons (Fsp3) is 0.125. The number of carboxylic acids is 1. The first-order chi connectivity index (χ1) is 15.4. The quantitative estimate of drug-likeness (QED) is 0.424. The minimum Gasteiger partial charge on any atom is -0.477 e. The highest BCUT2D eigenvalue weighted by atomic mass is 35.5. The maximum Gasteiger partial charge on any atom is 0.354 e. The number of carbonyl (C=O) groups excluding carboxylic acids is 2. The van der Waals surface area contributed by atoms with Crippen LogP contribution in [-0.4, -0.2) is 27.5 Å². The van der Waals surface area contributed by atoms with Crippen molar-refractivity contribution in [2.75, 3.05) is 4.90 Å². The number of anilines is 1. The predicted molar refractivity (Wildman–Crippen MR) is 124 cm³/mol. The summed E-state index contributed by atoms with van der Waals surface area (Å²) in [7, 11) is 0. The zero-order valence-corrected chi connectivity index (χ0v) is 18.5. The summed E-state index contributed by atoms with van der Waals surface area (Å²) < 4.78 is 1.62. The normalized spacial score (nSPS) is 13.6. The molecule has 160 valence electrons. The third kappa shape index (κ3) is 3.13. The number of aryl methyl sites for hydroxylation is 1. The van der Waals surface area contributed by atoms with Crippen LogP contribution in [0.25, 0.3) is 10.9 Å². The molecule has 2 aromatic heterocycles. The molecule has 3 heterocycles. The number of rotatable bonds is 4. The summed E-state index contributed by atoms with van der Waals surface area (Å²) in [5, 5.41) is 12.9. The number of benzene rings is 2. The number of aromatic nitrogens is 1. The van der Waals surface area contributed by atoms with Gasteiger partial charge in [0, 0.05) is 17.0 Å². The van der Waals surface area contributed by atoms with Gasteiger partial charge in [0.2, 0.25) is 5.91 Å². The van der Waals surface area contributed by atoms with Crippen molar-refractivity contribution in [3.05, 3.63) is 86.2 Å². The summed E-state index contributed by atoms with van der Waals surface area (Å²) in [5.41, 5.74) is 3.02. The molecule has 0 spiro atoms. The molecule has 1 N–H and O–H groups in total. The number of halogens is 1. The molecule has 0 aliphatic carbocycles. The maximum atomic E-state index is 13.4. The number of thiophene rings is 1. The van der Waals surface area contributed by atoms with Gasteiger partial charge in [-0.05, 0) is 47.2 Å². The Hall–Kier alpha value is -3.42. The van der Waals surface area contributed by atoms with Crippen molar-refractivity contribution < 1.29 is 19.5 Å². The van der Waals surface area contributed by atoms with E-state index >= 15 is 0 Å². The lowest BCUT2D eigenvalue weighted by molar-refractivity contribution is -0.117. The minimum absolute atomic E-state index is 0.0430. The lowest BCUT2D eigenvalue weighted by atomic mass is 10.0. The molecule has 6 nitrogen and oxygen atoms in total. The molecule has 1 aliphatic heterocycles. The average Bonchev–Trinajstić information content (AvgIpc) is 3.27. The highest BCUT2D eigenvalue weighted by Crippen LogP contribution is 2.40. The smallest absolute Gasteiger partial charge is 0.354 e. The maximum absolute atomic E-state index is 13.4. The highest BCUT2D eigenvalue weighted by molar-refractivity contribution is 7.12. The summed E-state index contributed by atoms with van der Waals surface area (Å²) in [5.74, 6) is -2.18. The molecule has 0 saturated heterocycles. The van der Waals surface area contributed by atoms with E-state index in [9.17, 15) is 19.5 Å². The molecule has 0 fully saturated rings. The number of carbonyl (C=O) groups is 3. The van der Waals surface area contributed by atoms with E-state index < -0.39 is 17.8 Å². The highest BCUT2D eigenvalue weighted by Gasteiger charge is 2.39. The van der Waals surface area contributed by atoms with E-state index in [0.717, 1.165) is 16.0 Å². The lowest BCUT2D eigenvalue weighted by Crippen LogP contribution is -2.42. The molecule has 2 amide bonds. The number of hydrogen-bond acceptors (Lipinski definition) is 4. The van der Waals surface area contributed by atoms with Gasteiger partial charge in [0.1, 0.15) is 0 Å². The Kier molecular flexibility index (Phi) is 4.87. The molecule has 0 bridgehead atoms. The Balaban J connectivity index is 1.79.